The van der Waals surface area contributed by atoms with Gasteiger partial charge in [0.15, 0.2) is 5.58 Å². The fourth-order valence-corrected chi connectivity index (χ4v) is 2.21. The Morgan fingerprint density at radius 3 is 3.00 bits per heavy atom. The summed E-state index contributed by atoms with van der Waals surface area (Å²) >= 11 is 0. The highest BCUT2D eigenvalue weighted by atomic mass is 16.5. The Balaban J connectivity index is 1.64. The third-order valence-electron chi connectivity index (χ3n) is 3.55. The molecule has 0 aliphatic carbocycles. The summed E-state index contributed by atoms with van der Waals surface area (Å²) in [6.07, 6.45) is 2.56. The monoisotopic (exact) mass is 299 g/mol. The maximum absolute atomic E-state index is 11.2. The number of aromatic nitrogens is 4. The van der Waals surface area contributed by atoms with Gasteiger partial charge in [0.25, 0.3) is 0 Å². The Labute approximate surface area is 127 Å². The largest absolute Gasteiger partial charge is 0.356 e. The Kier molecular flexibility index (Phi) is 3.86. The Morgan fingerprint density at radius 1 is 1.36 bits per heavy atom. The van der Waals surface area contributed by atoms with E-state index in [4.69, 9.17) is 4.52 Å². The van der Waals surface area contributed by atoms with Gasteiger partial charge in [-0.2, -0.15) is 0 Å². The van der Waals surface area contributed by atoms with Gasteiger partial charge in [0.1, 0.15) is 5.69 Å². The van der Waals surface area contributed by atoms with Gasteiger partial charge in [-0.1, -0.05) is 22.5 Å². The predicted molar refractivity (Wildman–Crippen MR) is 79.9 cm³/mol. The van der Waals surface area contributed by atoms with Gasteiger partial charge in [0, 0.05) is 32.3 Å². The van der Waals surface area contributed by atoms with Gasteiger partial charge in [-0.05, 0) is 12.1 Å². The number of para-hydroxylation sites is 1. The summed E-state index contributed by atoms with van der Waals surface area (Å²) in [5.74, 6) is 0.00335. The number of fused-ring (bicyclic) bond motifs is 1. The van der Waals surface area contributed by atoms with E-state index in [9.17, 15) is 4.79 Å². The fraction of sp³-hybridized carbons (Fsp3) is 0.333. The molecule has 0 saturated heterocycles. The summed E-state index contributed by atoms with van der Waals surface area (Å²) in [7, 11) is 1.74. The second-order valence-electron chi connectivity index (χ2n) is 5.22. The van der Waals surface area contributed by atoms with Crippen LogP contribution >= 0.6 is 0 Å². The Hall–Kier alpha value is -2.70. The van der Waals surface area contributed by atoms with Crippen LogP contribution in [0.5, 0.6) is 0 Å². The molecular weight excluding hydrogens is 282 g/mol. The molecule has 3 rings (SSSR count). The van der Waals surface area contributed by atoms with Gasteiger partial charge >= 0.3 is 0 Å². The lowest BCUT2D eigenvalue weighted by Gasteiger charge is -2.11. The van der Waals surface area contributed by atoms with E-state index in [0.717, 1.165) is 22.4 Å². The zero-order valence-corrected chi connectivity index (χ0v) is 12.6. The van der Waals surface area contributed by atoms with Gasteiger partial charge in [0.05, 0.1) is 18.4 Å². The van der Waals surface area contributed by atoms with E-state index < -0.39 is 0 Å². The molecule has 0 N–H and O–H groups in total. The van der Waals surface area contributed by atoms with Crippen molar-refractivity contribution in [3.05, 3.63) is 41.9 Å². The summed E-state index contributed by atoms with van der Waals surface area (Å²) in [6, 6.07) is 7.79. The van der Waals surface area contributed by atoms with Crippen molar-refractivity contribution in [2.75, 3.05) is 7.05 Å². The number of carbonyl (C=O) groups excluding carboxylic acids is 1. The number of amides is 1. The number of nitrogens with zero attached hydrogens (tertiary/aromatic N) is 5. The number of aryl methyl sites for hydroxylation is 2. The highest BCUT2D eigenvalue weighted by Crippen LogP contribution is 2.18. The molecule has 7 nitrogen and oxygen atoms in total. The van der Waals surface area contributed by atoms with Crippen LogP contribution in [0.25, 0.3) is 11.0 Å². The van der Waals surface area contributed by atoms with E-state index in [0.29, 0.717) is 19.5 Å². The molecule has 0 spiro atoms. The van der Waals surface area contributed by atoms with Crippen molar-refractivity contribution in [1.82, 2.24) is 25.1 Å². The average molecular weight is 299 g/mol. The maximum atomic E-state index is 11.2. The Bertz CT molecular complexity index is 792. The van der Waals surface area contributed by atoms with Crippen LogP contribution in [0.1, 0.15) is 18.3 Å². The first-order valence-corrected chi connectivity index (χ1v) is 7.07. The van der Waals surface area contributed by atoms with Crippen LogP contribution in [-0.2, 0) is 24.3 Å². The number of rotatable bonds is 5. The summed E-state index contributed by atoms with van der Waals surface area (Å²) in [5.41, 5.74) is 2.47. The van der Waals surface area contributed by atoms with Crippen LogP contribution in [0.3, 0.4) is 0 Å². The highest BCUT2D eigenvalue weighted by molar-refractivity contribution is 5.79. The molecule has 114 valence electrons. The first kappa shape index (κ1) is 14.2. The van der Waals surface area contributed by atoms with Crippen molar-refractivity contribution in [2.24, 2.45) is 0 Å². The summed E-state index contributed by atoms with van der Waals surface area (Å²) < 4.78 is 7.04. The summed E-state index contributed by atoms with van der Waals surface area (Å²) in [5, 5.41) is 13.3. The van der Waals surface area contributed by atoms with E-state index in [1.165, 1.54) is 6.92 Å². The molecule has 22 heavy (non-hydrogen) atoms. The lowest BCUT2D eigenvalue weighted by atomic mass is 10.2. The van der Waals surface area contributed by atoms with Crippen LogP contribution < -0.4 is 0 Å². The van der Waals surface area contributed by atoms with Gasteiger partial charge in [-0.15, -0.1) is 5.10 Å². The van der Waals surface area contributed by atoms with E-state index in [-0.39, 0.29) is 5.91 Å². The molecule has 0 atom stereocenters. The van der Waals surface area contributed by atoms with E-state index in [2.05, 4.69) is 15.5 Å². The molecule has 2 heterocycles. The molecule has 0 aliphatic heterocycles. The Morgan fingerprint density at radius 2 is 2.18 bits per heavy atom. The lowest BCUT2D eigenvalue weighted by Crippen LogP contribution is -2.23. The second kappa shape index (κ2) is 5.97. The molecule has 7 heteroatoms. The molecular formula is C15H17N5O2. The van der Waals surface area contributed by atoms with Crippen LogP contribution in [0.2, 0.25) is 0 Å². The SMILES string of the molecule is CC(=O)N(C)Cc1cn(CCc2noc3ccccc23)nn1. The molecule has 1 aromatic carbocycles. The van der Waals surface area contributed by atoms with Crippen molar-refractivity contribution >= 4 is 16.9 Å². The summed E-state index contributed by atoms with van der Waals surface area (Å²) in [4.78, 5) is 12.8. The minimum atomic E-state index is 0.00335. The number of carbonyl (C=O) groups is 1. The number of hydrogen-bond donors (Lipinski definition) is 0. The predicted octanol–water partition coefficient (Wildman–Crippen LogP) is 1.64. The van der Waals surface area contributed by atoms with E-state index >= 15 is 0 Å². The topological polar surface area (TPSA) is 77.0 Å². The fourth-order valence-electron chi connectivity index (χ4n) is 2.21. The first-order valence-electron chi connectivity index (χ1n) is 7.07. The lowest BCUT2D eigenvalue weighted by molar-refractivity contribution is -0.128. The zero-order chi connectivity index (χ0) is 15.5. The van der Waals surface area contributed by atoms with Crippen molar-refractivity contribution in [1.29, 1.82) is 0 Å². The van der Waals surface area contributed by atoms with E-state index in [1.807, 2.05) is 30.5 Å². The van der Waals surface area contributed by atoms with Crippen molar-refractivity contribution in [2.45, 2.75) is 26.4 Å². The number of benzene rings is 1. The number of hydrogen-bond acceptors (Lipinski definition) is 5. The minimum Gasteiger partial charge on any atom is -0.356 e. The van der Waals surface area contributed by atoms with Gasteiger partial charge in [0.2, 0.25) is 5.91 Å². The summed E-state index contributed by atoms with van der Waals surface area (Å²) in [6.45, 7) is 2.65. The van der Waals surface area contributed by atoms with Crippen LogP contribution in [0.4, 0.5) is 0 Å². The third kappa shape index (κ3) is 2.98. The molecule has 3 aromatic rings. The molecule has 1 amide bonds. The first-order chi connectivity index (χ1) is 10.6. The molecule has 0 aliphatic rings. The van der Waals surface area contributed by atoms with Crippen LogP contribution in [-0.4, -0.2) is 38.0 Å². The standard InChI is InChI=1S/C15H17N5O2/c1-11(21)19(2)9-12-10-20(18-16-12)8-7-14-13-5-3-4-6-15(13)22-17-14/h3-6,10H,7-9H2,1-2H3. The maximum Gasteiger partial charge on any atom is 0.219 e. The molecule has 0 fully saturated rings. The average Bonchev–Trinajstić information content (AvgIpc) is 3.11. The van der Waals surface area contributed by atoms with E-state index in [1.54, 1.807) is 16.6 Å². The minimum absolute atomic E-state index is 0.00335. The molecule has 2 aromatic heterocycles. The second-order valence-corrected chi connectivity index (χ2v) is 5.22. The quantitative estimate of drug-likeness (QED) is 0.715. The van der Waals surface area contributed by atoms with Crippen molar-refractivity contribution < 1.29 is 9.32 Å². The van der Waals surface area contributed by atoms with Gasteiger partial charge in [-0.3, -0.25) is 9.48 Å². The highest BCUT2D eigenvalue weighted by Gasteiger charge is 2.10. The zero-order valence-electron chi connectivity index (χ0n) is 12.6. The van der Waals surface area contributed by atoms with Crippen molar-refractivity contribution in [3.63, 3.8) is 0 Å². The molecule has 0 radical (unpaired) electrons. The van der Waals surface area contributed by atoms with Gasteiger partial charge in [-0.25, -0.2) is 0 Å². The third-order valence-corrected chi connectivity index (χ3v) is 3.55. The smallest absolute Gasteiger partial charge is 0.219 e. The molecule has 0 bridgehead atoms. The molecule has 0 saturated carbocycles. The molecule has 0 unspecified atom stereocenters. The van der Waals surface area contributed by atoms with Crippen LogP contribution in [0.15, 0.2) is 35.0 Å². The van der Waals surface area contributed by atoms with Crippen molar-refractivity contribution in [3.8, 4) is 0 Å². The van der Waals surface area contributed by atoms with Gasteiger partial charge < -0.3 is 9.42 Å². The normalized spacial score (nSPS) is 11.0. The van der Waals surface area contributed by atoms with Crippen LogP contribution in [0, 0.1) is 0 Å².